The van der Waals surface area contributed by atoms with Gasteiger partial charge in [-0.2, -0.15) is 0 Å². The molecule has 2 aliphatic heterocycles. The van der Waals surface area contributed by atoms with Gasteiger partial charge in [0.15, 0.2) is 0 Å². The van der Waals surface area contributed by atoms with Gasteiger partial charge in [0.2, 0.25) is 29.6 Å². The first-order chi connectivity index (χ1) is 37.1. The fraction of sp³-hybridized carbons (Fsp3) is 0.407. The van der Waals surface area contributed by atoms with Crippen molar-refractivity contribution < 1.29 is 29.1 Å². The number of carbonyl (C=O) groups is 5. The Balaban J connectivity index is 0.698. The number of rotatable bonds is 21. The van der Waals surface area contributed by atoms with Crippen LogP contribution in [-0.2, 0) is 32.3 Å². The van der Waals surface area contributed by atoms with Crippen molar-refractivity contribution in [2.75, 3.05) is 43.4 Å². The van der Waals surface area contributed by atoms with Gasteiger partial charge in [-0.25, -0.2) is 15.0 Å². The number of anilines is 3. The Morgan fingerprint density at radius 1 is 0.805 bits per heavy atom. The number of nitrogens with zero attached hydrogens (tertiary/aromatic N) is 7. The van der Waals surface area contributed by atoms with Crippen LogP contribution >= 0.6 is 11.3 Å². The molecule has 0 radical (unpaired) electrons. The van der Waals surface area contributed by atoms with Crippen molar-refractivity contribution in [3.63, 3.8) is 0 Å². The minimum atomic E-state index is -0.881. The molecule has 2 saturated heterocycles. The molecule has 0 aliphatic carbocycles. The Hall–Kier alpha value is -7.41. The van der Waals surface area contributed by atoms with Crippen molar-refractivity contribution in [1.82, 2.24) is 45.3 Å². The summed E-state index contributed by atoms with van der Waals surface area (Å²) in [4.78, 5) is 91.6. The number of aromatic nitrogens is 4. The number of pyridine rings is 1. The molecule has 0 unspecified atom stereocenters. The first-order valence-corrected chi connectivity index (χ1v) is 27.5. The highest BCUT2D eigenvalue weighted by Gasteiger charge is 2.44. The number of aryl methyl sites for hydroxylation is 2. The van der Waals surface area contributed by atoms with E-state index in [0.29, 0.717) is 43.1 Å². The maximum atomic E-state index is 14.1. The Morgan fingerprint density at radius 3 is 2.23 bits per heavy atom. The third-order valence-electron chi connectivity index (χ3n) is 14.2. The van der Waals surface area contributed by atoms with Crippen molar-refractivity contribution in [3.8, 4) is 21.7 Å². The van der Waals surface area contributed by atoms with E-state index in [1.807, 2.05) is 130 Å². The largest absolute Gasteiger partial charge is 0.391 e. The molecule has 3 aromatic carbocycles. The van der Waals surface area contributed by atoms with Gasteiger partial charge in [0.05, 0.1) is 27.9 Å². The highest BCUT2D eigenvalue weighted by molar-refractivity contribution is 7.13. The van der Waals surface area contributed by atoms with Crippen LogP contribution in [0.4, 0.5) is 17.3 Å². The molecule has 77 heavy (non-hydrogen) atoms. The molecular weight excluding hydrogens is 991 g/mol. The highest BCUT2D eigenvalue weighted by Crippen LogP contribution is 2.30. The number of unbranched alkanes of at least 4 members (excludes halogenated alkanes) is 4. The number of thiazole rings is 1. The van der Waals surface area contributed by atoms with Gasteiger partial charge in [-0.3, -0.25) is 33.9 Å². The molecule has 3 atom stereocenters. The predicted octanol–water partition coefficient (Wildman–Crippen LogP) is 8.46. The predicted molar refractivity (Wildman–Crippen MR) is 300 cm³/mol. The summed E-state index contributed by atoms with van der Waals surface area (Å²) in [6, 6.07) is 25.1. The van der Waals surface area contributed by atoms with Gasteiger partial charge >= 0.3 is 0 Å². The van der Waals surface area contributed by atoms with E-state index in [2.05, 4.69) is 46.1 Å². The summed E-state index contributed by atoms with van der Waals surface area (Å²) in [6.07, 6.45) is 9.19. The van der Waals surface area contributed by atoms with Crippen LogP contribution in [0.2, 0.25) is 0 Å². The van der Waals surface area contributed by atoms with Gasteiger partial charge in [0.1, 0.15) is 12.1 Å². The average molecular weight is 1060 g/mol. The van der Waals surface area contributed by atoms with Gasteiger partial charge in [0.25, 0.3) is 5.91 Å². The Bertz CT molecular complexity index is 2970. The molecule has 8 rings (SSSR count). The SMILES string of the molecule is Cc1ccc(NC(=O)c2ccc(CN3CCN(C(=O)CCCCCCCC(=O)N[C@H](C(=O)N4C[C@H](O)C[C@H]4C(=O)NCc4ccc(-c5scnc5C)cc4)C(C)(C)C)CC3)cc2)cc1Nc1nccc(-c2cccnc2)n1. The Labute approximate surface area is 455 Å². The number of hydrogen-bond donors (Lipinski definition) is 5. The number of nitrogens with one attached hydrogen (secondary N) is 4. The molecule has 6 aromatic rings. The fourth-order valence-electron chi connectivity index (χ4n) is 9.69. The Kier molecular flexibility index (Phi) is 18.9. The number of aliphatic hydroxyl groups excluding tert-OH is 1. The van der Waals surface area contributed by atoms with Gasteiger partial charge < -0.3 is 36.2 Å². The topological polar surface area (TPSA) is 215 Å². The van der Waals surface area contributed by atoms with Crippen molar-refractivity contribution in [2.45, 2.75) is 117 Å². The molecule has 3 aromatic heterocycles. The summed E-state index contributed by atoms with van der Waals surface area (Å²) in [7, 11) is 0. The fourth-order valence-corrected chi connectivity index (χ4v) is 10.5. The average Bonchev–Trinajstić information content (AvgIpc) is 4.06. The minimum absolute atomic E-state index is 0.0150. The Morgan fingerprint density at radius 2 is 1.53 bits per heavy atom. The molecular formula is C59H71N11O6S. The maximum absolute atomic E-state index is 14.1. The second-order valence-corrected chi connectivity index (χ2v) is 22.0. The lowest BCUT2D eigenvalue weighted by molar-refractivity contribution is -0.144. The maximum Gasteiger partial charge on any atom is 0.255 e. The van der Waals surface area contributed by atoms with Crippen LogP contribution in [0, 0.1) is 19.3 Å². The molecule has 5 heterocycles. The molecule has 5 N–H and O–H groups in total. The van der Waals surface area contributed by atoms with Crippen molar-refractivity contribution in [1.29, 1.82) is 0 Å². The first kappa shape index (κ1) is 55.8. The molecule has 17 nitrogen and oxygen atoms in total. The van der Waals surface area contributed by atoms with E-state index < -0.39 is 23.6 Å². The van der Waals surface area contributed by atoms with E-state index in [9.17, 15) is 29.1 Å². The lowest BCUT2D eigenvalue weighted by Crippen LogP contribution is -2.57. The smallest absolute Gasteiger partial charge is 0.255 e. The monoisotopic (exact) mass is 1060 g/mol. The lowest BCUT2D eigenvalue weighted by Gasteiger charge is -2.35. The van der Waals surface area contributed by atoms with Crippen LogP contribution < -0.4 is 21.3 Å². The van der Waals surface area contributed by atoms with Crippen LogP contribution in [-0.4, -0.2) is 120 Å². The van der Waals surface area contributed by atoms with Crippen molar-refractivity contribution in [2.24, 2.45) is 5.41 Å². The van der Waals surface area contributed by atoms with Crippen molar-refractivity contribution >= 4 is 58.2 Å². The van der Waals surface area contributed by atoms with Crippen LogP contribution in [0.15, 0.2) is 109 Å². The zero-order chi connectivity index (χ0) is 54.5. The second kappa shape index (κ2) is 26.1. The lowest BCUT2D eigenvalue weighted by atomic mass is 9.85. The second-order valence-electron chi connectivity index (χ2n) is 21.2. The number of hydrogen-bond acceptors (Lipinski definition) is 13. The van der Waals surface area contributed by atoms with Crippen LogP contribution in [0.3, 0.4) is 0 Å². The quantitative estimate of drug-likeness (QED) is 0.0430. The summed E-state index contributed by atoms with van der Waals surface area (Å²) in [5.41, 5.74) is 9.76. The molecule has 0 spiro atoms. The van der Waals surface area contributed by atoms with E-state index in [4.69, 9.17) is 0 Å². The molecule has 404 valence electrons. The van der Waals surface area contributed by atoms with E-state index in [1.54, 1.807) is 29.9 Å². The third-order valence-corrected chi connectivity index (χ3v) is 15.2. The van der Waals surface area contributed by atoms with Crippen LogP contribution in [0.1, 0.15) is 105 Å². The van der Waals surface area contributed by atoms with Gasteiger partial charge in [-0.1, -0.05) is 82.5 Å². The van der Waals surface area contributed by atoms with E-state index in [1.165, 1.54) is 4.90 Å². The van der Waals surface area contributed by atoms with Gasteiger partial charge in [0, 0.05) is 106 Å². The van der Waals surface area contributed by atoms with Gasteiger partial charge in [-0.05, 0) is 96.8 Å². The van der Waals surface area contributed by atoms with E-state index in [-0.39, 0.29) is 55.5 Å². The van der Waals surface area contributed by atoms with E-state index in [0.717, 1.165) is 95.1 Å². The third kappa shape index (κ3) is 15.4. The van der Waals surface area contributed by atoms with Gasteiger partial charge in [-0.15, -0.1) is 11.3 Å². The molecule has 0 bridgehead atoms. The number of likely N-dealkylation sites (tertiary alicyclic amines) is 1. The van der Waals surface area contributed by atoms with Crippen LogP contribution in [0.5, 0.6) is 0 Å². The number of amides is 5. The molecule has 2 fully saturated rings. The number of aliphatic hydroxyl groups is 1. The normalized spacial score (nSPS) is 16.2. The minimum Gasteiger partial charge on any atom is -0.391 e. The number of β-amino-alcohol motifs (C(OH)–C–C–N with tert-alkyl or cyclic N) is 1. The van der Waals surface area contributed by atoms with E-state index >= 15 is 0 Å². The summed E-state index contributed by atoms with van der Waals surface area (Å²) < 4.78 is 0. The highest BCUT2D eigenvalue weighted by atomic mass is 32.1. The molecule has 0 saturated carbocycles. The summed E-state index contributed by atoms with van der Waals surface area (Å²) >= 11 is 1.58. The van der Waals surface area contributed by atoms with Crippen molar-refractivity contribution in [3.05, 3.63) is 137 Å². The molecule has 18 heteroatoms. The number of piperazine rings is 1. The first-order valence-electron chi connectivity index (χ1n) is 26.6. The summed E-state index contributed by atoms with van der Waals surface area (Å²) in [5, 5.41) is 22.8. The molecule has 5 amide bonds. The zero-order valence-electron chi connectivity index (χ0n) is 44.8. The zero-order valence-corrected chi connectivity index (χ0v) is 45.6. The summed E-state index contributed by atoms with van der Waals surface area (Å²) in [5.74, 6) is -0.577. The number of benzene rings is 3. The standard InChI is InChI=1S/C59H71N11O6S/c1-39-15-24-46(32-49(39)66-58-61-27-25-48(65-58)45-12-11-26-60-35-45)64-55(74)44-22-18-42(19-23-44)36-68-28-30-69(31-29-68)52(73)14-10-8-6-7-9-13-51(72)67-54(59(3,4)5)57(76)70-37-47(71)33-50(70)56(75)62-34-41-16-20-43(21-17-41)53-40(2)63-38-77-53/h11-12,15-27,32,35,38,47,50,54,71H,6-10,13-14,28-31,33-34,36-37H2,1-5H3,(H,62,75)(H,64,74)(H,67,72)(H,61,65,66)/t47-,50+,54-/m1/s1. The molecule has 2 aliphatic rings. The van der Waals surface area contributed by atoms with Crippen LogP contribution in [0.25, 0.3) is 21.7 Å². The number of carbonyl (C=O) groups excluding carboxylic acids is 5. The summed E-state index contributed by atoms with van der Waals surface area (Å²) in [6.45, 7) is 13.5.